The molecule has 1 N–H and O–H groups in total. The van der Waals surface area contributed by atoms with Gasteiger partial charge in [0, 0.05) is 24.8 Å². The molecule has 6 heteroatoms. The van der Waals surface area contributed by atoms with E-state index in [0.29, 0.717) is 18.1 Å². The molecule has 0 atom stereocenters. The lowest BCUT2D eigenvalue weighted by molar-refractivity contribution is 0.738. The molecule has 0 aliphatic carbocycles. The Morgan fingerprint density at radius 1 is 1.35 bits per heavy atom. The van der Waals surface area contributed by atoms with Gasteiger partial charge in [-0.15, -0.1) is 0 Å². The fraction of sp³-hybridized carbons (Fsp3) is 0.273. The minimum atomic E-state index is 0.313. The summed E-state index contributed by atoms with van der Waals surface area (Å²) < 4.78 is 1.82. The molecule has 0 aromatic carbocycles. The number of nitrogens with zero attached hydrogens (tertiary/aromatic N) is 5. The zero-order valence-corrected chi connectivity index (χ0v) is 9.68. The molecule has 0 unspecified atom stereocenters. The lowest BCUT2D eigenvalue weighted by atomic mass is 10.2. The number of aromatic nitrogens is 4. The van der Waals surface area contributed by atoms with Crippen LogP contribution in [0.1, 0.15) is 17.0 Å². The van der Waals surface area contributed by atoms with Gasteiger partial charge in [0.25, 0.3) is 0 Å². The Labute approximate surface area is 98.9 Å². The quantitative estimate of drug-likeness (QED) is 0.847. The van der Waals surface area contributed by atoms with E-state index >= 15 is 0 Å². The van der Waals surface area contributed by atoms with E-state index in [1.807, 2.05) is 30.9 Å². The molecule has 0 spiro atoms. The standard InChI is InChI=1S/C11H12N6/c1-8-9(5-16-17(8)2)4-14-11-7-13-10(3-12)6-15-11/h5-7H,4H2,1-2H3,(H,14,15). The third-order valence-corrected chi connectivity index (χ3v) is 2.56. The van der Waals surface area contributed by atoms with Crippen molar-refractivity contribution in [2.45, 2.75) is 13.5 Å². The fourth-order valence-corrected chi connectivity index (χ4v) is 1.38. The summed E-state index contributed by atoms with van der Waals surface area (Å²) in [5.41, 5.74) is 2.53. The average Bonchev–Trinajstić information content (AvgIpc) is 2.68. The van der Waals surface area contributed by atoms with Gasteiger partial charge in [0.15, 0.2) is 5.69 Å². The maximum absolute atomic E-state index is 8.59. The van der Waals surface area contributed by atoms with Gasteiger partial charge in [-0.3, -0.25) is 4.68 Å². The Morgan fingerprint density at radius 2 is 2.18 bits per heavy atom. The molecule has 0 saturated heterocycles. The molecular weight excluding hydrogens is 216 g/mol. The predicted molar refractivity (Wildman–Crippen MR) is 62.0 cm³/mol. The molecule has 0 aliphatic heterocycles. The van der Waals surface area contributed by atoms with Crippen molar-refractivity contribution in [3.05, 3.63) is 35.5 Å². The molecule has 0 fully saturated rings. The number of aryl methyl sites for hydroxylation is 1. The molecule has 0 bridgehead atoms. The molecule has 86 valence electrons. The molecule has 2 heterocycles. The number of nitrogens with one attached hydrogen (secondary N) is 1. The molecular formula is C11H12N6. The van der Waals surface area contributed by atoms with Gasteiger partial charge in [0.1, 0.15) is 11.9 Å². The summed E-state index contributed by atoms with van der Waals surface area (Å²) in [6.45, 7) is 2.65. The van der Waals surface area contributed by atoms with Crippen LogP contribution in [0.2, 0.25) is 0 Å². The maximum atomic E-state index is 8.59. The fourth-order valence-electron chi connectivity index (χ4n) is 1.38. The topological polar surface area (TPSA) is 79.4 Å². The highest BCUT2D eigenvalue weighted by atomic mass is 15.3. The zero-order chi connectivity index (χ0) is 12.3. The predicted octanol–water partition coefficient (Wildman–Crippen LogP) is 1.00. The van der Waals surface area contributed by atoms with E-state index in [-0.39, 0.29) is 0 Å². The Bertz CT molecular complexity index is 548. The molecule has 0 saturated carbocycles. The van der Waals surface area contributed by atoms with E-state index in [1.54, 1.807) is 6.20 Å². The summed E-state index contributed by atoms with van der Waals surface area (Å²) >= 11 is 0. The van der Waals surface area contributed by atoms with Crippen LogP contribution in [0.15, 0.2) is 18.6 Å². The largest absolute Gasteiger partial charge is 0.365 e. The molecule has 2 aromatic heterocycles. The van der Waals surface area contributed by atoms with Crippen LogP contribution in [-0.4, -0.2) is 19.7 Å². The molecule has 0 aliphatic rings. The zero-order valence-electron chi connectivity index (χ0n) is 9.68. The molecule has 17 heavy (non-hydrogen) atoms. The number of hydrogen-bond donors (Lipinski definition) is 1. The van der Waals surface area contributed by atoms with Crippen molar-refractivity contribution in [2.75, 3.05) is 5.32 Å². The molecule has 2 aromatic rings. The van der Waals surface area contributed by atoms with Crippen LogP contribution in [-0.2, 0) is 13.6 Å². The highest BCUT2D eigenvalue weighted by molar-refractivity contribution is 5.34. The van der Waals surface area contributed by atoms with Crippen molar-refractivity contribution >= 4 is 5.82 Å². The van der Waals surface area contributed by atoms with E-state index in [9.17, 15) is 0 Å². The van der Waals surface area contributed by atoms with Crippen molar-refractivity contribution in [1.29, 1.82) is 5.26 Å². The third-order valence-electron chi connectivity index (χ3n) is 2.56. The van der Waals surface area contributed by atoms with Crippen LogP contribution >= 0.6 is 0 Å². The third kappa shape index (κ3) is 2.39. The molecule has 2 rings (SSSR count). The minimum Gasteiger partial charge on any atom is -0.365 e. The Balaban J connectivity index is 2.03. The van der Waals surface area contributed by atoms with Crippen LogP contribution in [0.3, 0.4) is 0 Å². The van der Waals surface area contributed by atoms with E-state index in [1.165, 1.54) is 6.20 Å². The van der Waals surface area contributed by atoms with Crippen LogP contribution in [0.4, 0.5) is 5.82 Å². The van der Waals surface area contributed by atoms with Gasteiger partial charge < -0.3 is 5.32 Å². The summed E-state index contributed by atoms with van der Waals surface area (Å²) in [4.78, 5) is 8.01. The van der Waals surface area contributed by atoms with Crippen molar-refractivity contribution in [2.24, 2.45) is 7.05 Å². The van der Waals surface area contributed by atoms with Gasteiger partial charge >= 0.3 is 0 Å². The Morgan fingerprint density at radius 3 is 2.71 bits per heavy atom. The number of rotatable bonds is 3. The monoisotopic (exact) mass is 228 g/mol. The SMILES string of the molecule is Cc1c(CNc2cnc(C#N)cn2)cnn1C. The van der Waals surface area contributed by atoms with E-state index in [2.05, 4.69) is 20.4 Å². The average molecular weight is 228 g/mol. The van der Waals surface area contributed by atoms with Crippen molar-refractivity contribution < 1.29 is 0 Å². The van der Waals surface area contributed by atoms with Gasteiger partial charge in [0.05, 0.1) is 18.6 Å². The lowest BCUT2D eigenvalue weighted by Crippen LogP contribution is -2.03. The Hall–Kier alpha value is -2.42. The maximum Gasteiger partial charge on any atom is 0.158 e. The van der Waals surface area contributed by atoms with Crippen molar-refractivity contribution in [1.82, 2.24) is 19.7 Å². The first kappa shape index (κ1) is 11.1. The van der Waals surface area contributed by atoms with Crippen LogP contribution < -0.4 is 5.32 Å². The number of nitriles is 1. The lowest BCUT2D eigenvalue weighted by Gasteiger charge is -2.04. The summed E-state index contributed by atoms with van der Waals surface area (Å²) in [5, 5.41) is 15.9. The second-order valence-corrected chi connectivity index (χ2v) is 3.63. The van der Waals surface area contributed by atoms with E-state index < -0.39 is 0 Å². The summed E-state index contributed by atoms with van der Waals surface area (Å²) in [5.74, 6) is 0.646. The van der Waals surface area contributed by atoms with E-state index in [0.717, 1.165) is 11.3 Å². The van der Waals surface area contributed by atoms with Crippen LogP contribution in [0, 0.1) is 18.3 Å². The Kier molecular flexibility index (Phi) is 3.01. The highest BCUT2D eigenvalue weighted by Crippen LogP contribution is 2.08. The molecule has 0 radical (unpaired) electrons. The van der Waals surface area contributed by atoms with Gasteiger partial charge in [-0.05, 0) is 6.92 Å². The van der Waals surface area contributed by atoms with Crippen molar-refractivity contribution in [3.8, 4) is 6.07 Å². The molecule has 0 amide bonds. The minimum absolute atomic E-state index is 0.313. The van der Waals surface area contributed by atoms with Crippen molar-refractivity contribution in [3.63, 3.8) is 0 Å². The first-order chi connectivity index (χ1) is 8.20. The first-order valence-electron chi connectivity index (χ1n) is 5.14. The first-order valence-corrected chi connectivity index (χ1v) is 5.14. The smallest absolute Gasteiger partial charge is 0.158 e. The van der Waals surface area contributed by atoms with Crippen LogP contribution in [0.5, 0.6) is 0 Å². The van der Waals surface area contributed by atoms with Gasteiger partial charge in [-0.25, -0.2) is 9.97 Å². The van der Waals surface area contributed by atoms with Crippen LogP contribution in [0.25, 0.3) is 0 Å². The summed E-state index contributed by atoms with van der Waals surface area (Å²) in [6.07, 6.45) is 4.81. The summed E-state index contributed by atoms with van der Waals surface area (Å²) in [6, 6.07) is 1.93. The van der Waals surface area contributed by atoms with Gasteiger partial charge in [-0.1, -0.05) is 0 Å². The summed E-state index contributed by atoms with van der Waals surface area (Å²) in [7, 11) is 1.90. The second kappa shape index (κ2) is 4.61. The van der Waals surface area contributed by atoms with E-state index in [4.69, 9.17) is 5.26 Å². The highest BCUT2D eigenvalue weighted by Gasteiger charge is 2.03. The number of hydrogen-bond acceptors (Lipinski definition) is 5. The normalized spacial score (nSPS) is 9.94. The molecule has 6 nitrogen and oxygen atoms in total. The second-order valence-electron chi connectivity index (χ2n) is 3.63. The van der Waals surface area contributed by atoms with Gasteiger partial charge in [0.2, 0.25) is 0 Å². The van der Waals surface area contributed by atoms with Gasteiger partial charge in [-0.2, -0.15) is 10.4 Å². The number of anilines is 1.